The summed E-state index contributed by atoms with van der Waals surface area (Å²) in [5.74, 6) is 0.283. The maximum Gasteiger partial charge on any atom is 0.125 e. The lowest BCUT2D eigenvalue weighted by Gasteiger charge is -2.08. The van der Waals surface area contributed by atoms with Crippen LogP contribution < -0.4 is 0 Å². The molecule has 0 atom stereocenters. The molecule has 2 nitrogen and oxygen atoms in total. The summed E-state index contributed by atoms with van der Waals surface area (Å²) in [5, 5.41) is 15.4. The van der Waals surface area contributed by atoms with Gasteiger partial charge in [-0.25, -0.2) is 0 Å². The normalized spacial score (nSPS) is 11.4. The number of phenolic OH excluding ortho intramolecular Hbond substituents is 1. The van der Waals surface area contributed by atoms with Crippen LogP contribution in [0.5, 0.6) is 5.75 Å². The Kier molecular flexibility index (Phi) is 2.00. The van der Waals surface area contributed by atoms with E-state index in [4.69, 9.17) is 0 Å². The molecule has 0 saturated carbocycles. The molecule has 0 aliphatic heterocycles. The van der Waals surface area contributed by atoms with Gasteiger partial charge in [-0.1, -0.05) is 48.5 Å². The number of pyridine rings is 1. The zero-order chi connectivity index (χ0) is 12.8. The van der Waals surface area contributed by atoms with Crippen LogP contribution in [0.1, 0.15) is 0 Å². The Hall–Kier alpha value is -2.61. The van der Waals surface area contributed by atoms with Gasteiger partial charge in [0.25, 0.3) is 0 Å². The number of aromatic nitrogens is 1. The van der Waals surface area contributed by atoms with Gasteiger partial charge in [0.1, 0.15) is 5.75 Å². The van der Waals surface area contributed by atoms with E-state index in [1.54, 1.807) is 6.07 Å². The minimum Gasteiger partial charge on any atom is -0.507 e. The van der Waals surface area contributed by atoms with E-state index in [-0.39, 0.29) is 5.75 Å². The SMILES string of the molecule is Oc1cc2ncc3ccccc3c2c2ccccc12. The summed E-state index contributed by atoms with van der Waals surface area (Å²) in [6, 6.07) is 17.8. The van der Waals surface area contributed by atoms with E-state index in [1.807, 2.05) is 42.6 Å². The summed E-state index contributed by atoms with van der Waals surface area (Å²) in [4.78, 5) is 4.46. The van der Waals surface area contributed by atoms with Gasteiger partial charge >= 0.3 is 0 Å². The van der Waals surface area contributed by atoms with Crippen molar-refractivity contribution in [2.45, 2.75) is 0 Å². The number of aromatic hydroxyl groups is 1. The smallest absolute Gasteiger partial charge is 0.125 e. The van der Waals surface area contributed by atoms with E-state index in [9.17, 15) is 5.11 Å². The lowest BCUT2D eigenvalue weighted by molar-refractivity contribution is 0.482. The molecule has 0 aliphatic carbocycles. The van der Waals surface area contributed by atoms with Crippen molar-refractivity contribution in [2.24, 2.45) is 0 Å². The molecule has 1 heterocycles. The summed E-state index contributed by atoms with van der Waals surface area (Å²) in [5.41, 5.74) is 0.829. The van der Waals surface area contributed by atoms with Crippen LogP contribution >= 0.6 is 0 Å². The Morgan fingerprint density at radius 1 is 0.789 bits per heavy atom. The highest BCUT2D eigenvalue weighted by Gasteiger charge is 2.09. The standard InChI is InChI=1S/C17H11NO/c19-16-9-15-17(14-8-4-3-7-13(14)16)12-6-2-1-5-11(12)10-18-15/h1-10,19H. The molecule has 19 heavy (non-hydrogen) atoms. The van der Waals surface area contributed by atoms with Gasteiger partial charge in [-0.05, 0) is 10.8 Å². The Bertz CT molecular complexity index is 928. The highest BCUT2D eigenvalue weighted by atomic mass is 16.3. The Labute approximate surface area is 109 Å². The summed E-state index contributed by atoms with van der Waals surface area (Å²) in [7, 11) is 0. The Morgan fingerprint density at radius 2 is 1.47 bits per heavy atom. The van der Waals surface area contributed by atoms with Gasteiger partial charge in [-0.3, -0.25) is 4.98 Å². The molecule has 0 spiro atoms. The van der Waals surface area contributed by atoms with Gasteiger partial charge in [0.2, 0.25) is 0 Å². The van der Waals surface area contributed by atoms with E-state index in [2.05, 4.69) is 17.1 Å². The predicted octanol–water partition coefficient (Wildman–Crippen LogP) is 4.25. The fourth-order valence-corrected chi connectivity index (χ4v) is 2.70. The van der Waals surface area contributed by atoms with Gasteiger partial charge in [0.05, 0.1) is 5.52 Å². The number of fused-ring (bicyclic) bond motifs is 5. The van der Waals surface area contributed by atoms with Crippen molar-refractivity contribution in [1.29, 1.82) is 0 Å². The Morgan fingerprint density at radius 3 is 2.32 bits per heavy atom. The molecule has 0 bridgehead atoms. The first-order valence-corrected chi connectivity index (χ1v) is 6.23. The van der Waals surface area contributed by atoms with E-state index in [1.165, 1.54) is 5.39 Å². The predicted molar refractivity (Wildman–Crippen MR) is 78.4 cm³/mol. The van der Waals surface area contributed by atoms with Gasteiger partial charge in [-0.2, -0.15) is 0 Å². The first kappa shape index (κ1) is 10.3. The molecule has 0 radical (unpaired) electrons. The van der Waals surface area contributed by atoms with Crippen LogP contribution in [0.15, 0.2) is 60.8 Å². The highest BCUT2D eigenvalue weighted by molar-refractivity contribution is 6.20. The van der Waals surface area contributed by atoms with Crippen molar-refractivity contribution < 1.29 is 5.11 Å². The number of phenols is 1. The molecule has 1 aromatic heterocycles. The van der Waals surface area contributed by atoms with Crippen molar-refractivity contribution >= 4 is 32.4 Å². The molecule has 3 aromatic carbocycles. The third-order valence-corrected chi connectivity index (χ3v) is 3.57. The number of benzene rings is 3. The monoisotopic (exact) mass is 245 g/mol. The van der Waals surface area contributed by atoms with E-state index < -0.39 is 0 Å². The number of nitrogens with zero attached hydrogens (tertiary/aromatic N) is 1. The van der Waals surface area contributed by atoms with Crippen LogP contribution in [-0.4, -0.2) is 10.1 Å². The molecule has 0 unspecified atom stereocenters. The average Bonchev–Trinajstić information content (AvgIpc) is 2.47. The molecule has 1 N–H and O–H groups in total. The summed E-state index contributed by atoms with van der Waals surface area (Å²) >= 11 is 0. The van der Waals surface area contributed by atoms with Crippen LogP contribution in [0, 0.1) is 0 Å². The van der Waals surface area contributed by atoms with Gasteiger partial charge in [0, 0.05) is 28.4 Å². The van der Waals surface area contributed by atoms with Crippen LogP contribution in [0.2, 0.25) is 0 Å². The lowest BCUT2D eigenvalue weighted by Crippen LogP contribution is -1.84. The van der Waals surface area contributed by atoms with Crippen LogP contribution in [0.3, 0.4) is 0 Å². The molecule has 0 saturated heterocycles. The third-order valence-electron chi connectivity index (χ3n) is 3.57. The molecule has 4 aromatic rings. The number of hydrogen-bond acceptors (Lipinski definition) is 2. The van der Waals surface area contributed by atoms with Crippen molar-refractivity contribution in [1.82, 2.24) is 4.98 Å². The minimum absolute atomic E-state index is 0.283. The topological polar surface area (TPSA) is 33.1 Å². The lowest BCUT2D eigenvalue weighted by atomic mass is 9.99. The summed E-state index contributed by atoms with van der Waals surface area (Å²) in [6.07, 6.45) is 1.85. The first-order chi connectivity index (χ1) is 9.34. The van der Waals surface area contributed by atoms with Crippen molar-refractivity contribution in [3.05, 3.63) is 60.8 Å². The highest BCUT2D eigenvalue weighted by Crippen LogP contribution is 2.35. The van der Waals surface area contributed by atoms with Gasteiger partial charge in [0.15, 0.2) is 0 Å². The molecule has 0 aliphatic rings. The zero-order valence-corrected chi connectivity index (χ0v) is 10.2. The van der Waals surface area contributed by atoms with E-state index in [0.717, 1.165) is 27.1 Å². The molecule has 0 fully saturated rings. The quantitative estimate of drug-likeness (QED) is 0.470. The number of hydrogen-bond donors (Lipinski definition) is 1. The third kappa shape index (κ3) is 1.40. The fourth-order valence-electron chi connectivity index (χ4n) is 2.70. The molecule has 0 amide bonds. The van der Waals surface area contributed by atoms with Crippen LogP contribution in [-0.2, 0) is 0 Å². The largest absolute Gasteiger partial charge is 0.507 e. The van der Waals surface area contributed by atoms with E-state index in [0.29, 0.717) is 0 Å². The molecular formula is C17H11NO. The maximum atomic E-state index is 10.1. The van der Waals surface area contributed by atoms with Gasteiger partial charge < -0.3 is 5.11 Å². The number of rotatable bonds is 0. The van der Waals surface area contributed by atoms with Gasteiger partial charge in [-0.15, -0.1) is 0 Å². The molecule has 4 rings (SSSR count). The second kappa shape index (κ2) is 3.69. The molecule has 90 valence electrons. The van der Waals surface area contributed by atoms with Crippen molar-refractivity contribution in [3.8, 4) is 5.75 Å². The molecule has 2 heteroatoms. The fraction of sp³-hybridized carbons (Fsp3) is 0. The van der Waals surface area contributed by atoms with Crippen LogP contribution in [0.25, 0.3) is 32.4 Å². The first-order valence-electron chi connectivity index (χ1n) is 6.23. The van der Waals surface area contributed by atoms with Crippen molar-refractivity contribution in [2.75, 3.05) is 0 Å². The summed E-state index contributed by atoms with van der Waals surface area (Å²) in [6.45, 7) is 0. The second-order valence-electron chi connectivity index (χ2n) is 4.68. The maximum absolute atomic E-state index is 10.1. The van der Waals surface area contributed by atoms with Crippen molar-refractivity contribution in [3.63, 3.8) is 0 Å². The minimum atomic E-state index is 0.283. The Balaban J connectivity index is 2.39. The second-order valence-corrected chi connectivity index (χ2v) is 4.68. The summed E-state index contributed by atoms with van der Waals surface area (Å²) < 4.78 is 0. The molecular weight excluding hydrogens is 234 g/mol. The van der Waals surface area contributed by atoms with E-state index >= 15 is 0 Å². The zero-order valence-electron chi connectivity index (χ0n) is 10.2. The average molecular weight is 245 g/mol. The van der Waals surface area contributed by atoms with Crippen LogP contribution in [0.4, 0.5) is 0 Å².